The van der Waals surface area contributed by atoms with E-state index in [0.29, 0.717) is 17.2 Å². The number of rotatable bonds is 7. The lowest BCUT2D eigenvalue weighted by atomic mass is 9.91. The van der Waals surface area contributed by atoms with Crippen LogP contribution >= 0.6 is 0 Å². The number of methoxy groups -OCH3 is 2. The first-order valence-corrected chi connectivity index (χ1v) is 9.43. The second-order valence-corrected chi connectivity index (χ2v) is 7.00. The third kappa shape index (κ3) is 4.86. The van der Waals surface area contributed by atoms with Crippen molar-refractivity contribution in [3.63, 3.8) is 0 Å². The summed E-state index contributed by atoms with van der Waals surface area (Å²) in [7, 11) is 3.05. The zero-order valence-electron chi connectivity index (χ0n) is 16.5. The fourth-order valence-corrected chi connectivity index (χ4v) is 3.40. The Hall–Kier alpha value is -3.07. The maximum Gasteiger partial charge on any atom is 0.252 e. The number of pyridine rings is 1. The molecule has 6 N–H and O–H groups in total. The Labute approximate surface area is 168 Å². The van der Waals surface area contributed by atoms with Crippen molar-refractivity contribution in [3.8, 4) is 11.5 Å². The third-order valence-corrected chi connectivity index (χ3v) is 5.00. The average Bonchev–Trinajstić information content (AvgIpc) is 2.71. The summed E-state index contributed by atoms with van der Waals surface area (Å²) in [6.45, 7) is 0. The minimum Gasteiger partial charge on any atom is -0.497 e. The van der Waals surface area contributed by atoms with E-state index in [1.165, 1.54) is 14.2 Å². The summed E-state index contributed by atoms with van der Waals surface area (Å²) in [4.78, 5) is 16.1. The first-order valence-electron chi connectivity index (χ1n) is 9.43. The first-order chi connectivity index (χ1) is 13.9. The van der Waals surface area contributed by atoms with Gasteiger partial charge in [-0.05, 0) is 18.9 Å². The van der Waals surface area contributed by atoms with Crippen LogP contribution in [0.25, 0.3) is 0 Å². The van der Waals surface area contributed by atoms with Crippen LogP contribution in [0.15, 0.2) is 24.3 Å². The molecule has 1 saturated carbocycles. The average molecular weight is 403 g/mol. The number of carbonyl (C=O) groups excluding carboxylic acids is 1. The molecule has 0 saturated heterocycles. The van der Waals surface area contributed by atoms with E-state index in [4.69, 9.17) is 20.9 Å². The van der Waals surface area contributed by atoms with Crippen molar-refractivity contribution >= 4 is 23.2 Å². The number of nitrogens with two attached hydrogens (primary N) is 2. The van der Waals surface area contributed by atoms with Crippen molar-refractivity contribution in [2.24, 2.45) is 11.5 Å². The molecule has 29 heavy (non-hydrogen) atoms. The molecule has 156 valence electrons. The van der Waals surface area contributed by atoms with E-state index in [0.717, 1.165) is 31.7 Å². The highest BCUT2D eigenvalue weighted by atomic mass is 19.1. The van der Waals surface area contributed by atoms with E-state index in [1.807, 2.05) is 0 Å². The molecule has 1 aromatic heterocycles. The van der Waals surface area contributed by atoms with Crippen LogP contribution in [0.3, 0.4) is 0 Å². The fourth-order valence-electron chi connectivity index (χ4n) is 3.40. The summed E-state index contributed by atoms with van der Waals surface area (Å²) in [6, 6.07) is 6.00. The van der Waals surface area contributed by atoms with Crippen LogP contribution < -0.4 is 31.6 Å². The molecule has 1 aliphatic carbocycles. The maximum atomic E-state index is 14.6. The van der Waals surface area contributed by atoms with Gasteiger partial charge in [-0.2, -0.15) is 0 Å². The number of carbonyl (C=O) groups is 1. The van der Waals surface area contributed by atoms with E-state index in [1.54, 1.807) is 18.2 Å². The van der Waals surface area contributed by atoms with Gasteiger partial charge in [0.15, 0.2) is 11.6 Å². The van der Waals surface area contributed by atoms with Gasteiger partial charge in [0.25, 0.3) is 5.91 Å². The zero-order chi connectivity index (χ0) is 21.0. The van der Waals surface area contributed by atoms with Crippen LogP contribution in [0.2, 0.25) is 0 Å². The van der Waals surface area contributed by atoms with Gasteiger partial charge >= 0.3 is 0 Å². The normalized spacial score (nSPS) is 18.8. The van der Waals surface area contributed by atoms with Crippen LogP contribution in [-0.4, -0.2) is 37.2 Å². The van der Waals surface area contributed by atoms with Gasteiger partial charge in [-0.1, -0.05) is 12.8 Å². The van der Waals surface area contributed by atoms with Gasteiger partial charge in [-0.25, -0.2) is 9.37 Å². The van der Waals surface area contributed by atoms with Crippen LogP contribution in [0, 0.1) is 5.82 Å². The van der Waals surface area contributed by atoms with Gasteiger partial charge in [0, 0.05) is 36.0 Å². The number of ether oxygens (including phenoxy) is 2. The zero-order valence-corrected chi connectivity index (χ0v) is 16.5. The Morgan fingerprint density at radius 2 is 1.76 bits per heavy atom. The van der Waals surface area contributed by atoms with Crippen molar-refractivity contribution in [3.05, 3.63) is 35.6 Å². The third-order valence-electron chi connectivity index (χ3n) is 5.00. The number of anilines is 3. The molecule has 9 heteroatoms. The molecule has 1 heterocycles. The molecule has 1 fully saturated rings. The highest BCUT2D eigenvalue weighted by Gasteiger charge is 2.24. The van der Waals surface area contributed by atoms with Gasteiger partial charge in [0.2, 0.25) is 0 Å². The summed E-state index contributed by atoms with van der Waals surface area (Å²) in [6.07, 6.45) is 3.77. The monoisotopic (exact) mass is 403 g/mol. The van der Waals surface area contributed by atoms with Crippen molar-refractivity contribution in [1.29, 1.82) is 0 Å². The van der Waals surface area contributed by atoms with Crippen LogP contribution in [-0.2, 0) is 0 Å². The minimum atomic E-state index is -0.797. The molecule has 0 spiro atoms. The van der Waals surface area contributed by atoms with Crippen molar-refractivity contribution in [1.82, 2.24) is 4.98 Å². The van der Waals surface area contributed by atoms with Crippen molar-refractivity contribution < 1.29 is 18.7 Å². The molecule has 2 aromatic rings. The molecule has 1 aliphatic rings. The lowest BCUT2D eigenvalue weighted by Crippen LogP contribution is -2.43. The molecular formula is C20H26FN5O3. The Bertz CT molecular complexity index is 870. The molecule has 0 aliphatic heterocycles. The predicted octanol–water partition coefficient (Wildman–Crippen LogP) is 2.76. The van der Waals surface area contributed by atoms with Crippen molar-refractivity contribution in [2.45, 2.75) is 37.8 Å². The summed E-state index contributed by atoms with van der Waals surface area (Å²) < 4.78 is 25.1. The number of benzene rings is 1. The Morgan fingerprint density at radius 3 is 2.34 bits per heavy atom. The van der Waals surface area contributed by atoms with Crippen molar-refractivity contribution in [2.75, 3.05) is 24.9 Å². The van der Waals surface area contributed by atoms with Gasteiger partial charge in [-0.15, -0.1) is 0 Å². The molecule has 8 nitrogen and oxygen atoms in total. The number of halogens is 1. The van der Waals surface area contributed by atoms with E-state index >= 15 is 0 Å². The van der Waals surface area contributed by atoms with E-state index in [2.05, 4.69) is 15.6 Å². The van der Waals surface area contributed by atoms with Gasteiger partial charge in [-0.3, -0.25) is 4.79 Å². The molecule has 0 radical (unpaired) electrons. The van der Waals surface area contributed by atoms with E-state index in [9.17, 15) is 9.18 Å². The molecule has 0 bridgehead atoms. The molecular weight excluding hydrogens is 377 g/mol. The number of primary amides is 1. The summed E-state index contributed by atoms with van der Waals surface area (Å²) in [5, 5.41) is 6.09. The molecule has 1 amide bonds. The SMILES string of the molecule is COc1cc(Nc2nc(N[C@H]3CCCC[C@H]3N)c(F)cc2C(N)=O)cc(OC)c1. The Kier molecular flexibility index (Phi) is 6.38. The second kappa shape index (κ2) is 8.95. The largest absolute Gasteiger partial charge is 0.497 e. The highest BCUT2D eigenvalue weighted by Crippen LogP contribution is 2.30. The molecule has 1 aromatic carbocycles. The summed E-state index contributed by atoms with van der Waals surface area (Å²) in [5.41, 5.74) is 12.1. The van der Waals surface area contributed by atoms with Gasteiger partial charge in [0.1, 0.15) is 17.3 Å². The number of nitrogens with zero attached hydrogens (tertiary/aromatic N) is 1. The van der Waals surface area contributed by atoms with Crippen LogP contribution in [0.4, 0.5) is 21.7 Å². The molecule has 3 rings (SSSR count). The van der Waals surface area contributed by atoms with Gasteiger partial charge in [0.05, 0.1) is 19.8 Å². The second-order valence-electron chi connectivity index (χ2n) is 7.00. The topological polar surface area (TPSA) is 125 Å². The fraction of sp³-hybridized carbons (Fsp3) is 0.400. The number of nitrogens with one attached hydrogen (secondary N) is 2. The number of hydrogen-bond donors (Lipinski definition) is 4. The number of hydrogen-bond acceptors (Lipinski definition) is 7. The quantitative estimate of drug-likeness (QED) is 0.560. The smallest absolute Gasteiger partial charge is 0.252 e. The minimum absolute atomic E-state index is 0.0229. The predicted molar refractivity (Wildman–Crippen MR) is 109 cm³/mol. The number of amides is 1. The Morgan fingerprint density at radius 1 is 1.10 bits per heavy atom. The Balaban J connectivity index is 1.95. The number of aromatic nitrogens is 1. The first kappa shape index (κ1) is 20.7. The lowest BCUT2D eigenvalue weighted by Gasteiger charge is -2.30. The van der Waals surface area contributed by atoms with Crippen LogP contribution in [0.1, 0.15) is 36.0 Å². The maximum absolute atomic E-state index is 14.6. The highest BCUT2D eigenvalue weighted by molar-refractivity contribution is 5.98. The summed E-state index contributed by atoms with van der Waals surface area (Å²) >= 11 is 0. The molecule has 2 atom stereocenters. The molecule has 0 unspecified atom stereocenters. The van der Waals surface area contributed by atoms with E-state index in [-0.39, 0.29) is 29.3 Å². The van der Waals surface area contributed by atoms with E-state index < -0.39 is 11.7 Å². The van der Waals surface area contributed by atoms with Crippen LogP contribution in [0.5, 0.6) is 11.5 Å². The summed E-state index contributed by atoms with van der Waals surface area (Å²) in [5.74, 6) is -0.224. The lowest BCUT2D eigenvalue weighted by molar-refractivity contribution is 0.100. The standard InChI is InChI=1S/C20H26FN5O3/c1-28-12-7-11(8-13(9-12)29-2)24-19-14(18(23)27)10-15(21)20(26-19)25-17-6-4-3-5-16(17)22/h7-10,16-17H,3-6,22H2,1-2H3,(H2,23,27)(H2,24,25,26)/t16-,17+/m1/s1. The van der Waals surface area contributed by atoms with Gasteiger partial charge < -0.3 is 31.6 Å².